The van der Waals surface area contributed by atoms with E-state index >= 15 is 0 Å². The van der Waals surface area contributed by atoms with Crippen molar-refractivity contribution < 1.29 is 19.1 Å². The molecular formula is C20H28N2O4. The van der Waals surface area contributed by atoms with Crippen LogP contribution in [-0.2, 0) is 15.0 Å². The van der Waals surface area contributed by atoms with Gasteiger partial charge in [0.2, 0.25) is 11.8 Å². The minimum absolute atomic E-state index is 0.00347. The zero-order valence-corrected chi connectivity index (χ0v) is 15.6. The minimum atomic E-state index is -0.263. The Hall–Kier alpha value is -2.24. The van der Waals surface area contributed by atoms with Crippen molar-refractivity contribution in [3.05, 3.63) is 23.8 Å². The van der Waals surface area contributed by atoms with Gasteiger partial charge >= 0.3 is 0 Å². The zero-order valence-electron chi connectivity index (χ0n) is 15.6. The first-order valence-electron chi connectivity index (χ1n) is 9.40. The summed E-state index contributed by atoms with van der Waals surface area (Å²) in [5.74, 6) is 1.43. The molecule has 0 aromatic heterocycles. The second kappa shape index (κ2) is 7.98. The second-order valence-corrected chi connectivity index (χ2v) is 7.72. The number of benzene rings is 1. The van der Waals surface area contributed by atoms with Crippen LogP contribution in [0.2, 0.25) is 0 Å². The SMILES string of the molecule is CC(C)(CNC(=O)CNC(=O)C1CCCC1)c1ccc2c(c1)OCCO2. The lowest BCUT2D eigenvalue weighted by Crippen LogP contribution is -2.43. The van der Waals surface area contributed by atoms with Gasteiger partial charge in [-0.15, -0.1) is 0 Å². The second-order valence-electron chi connectivity index (χ2n) is 7.72. The maximum atomic E-state index is 12.1. The highest BCUT2D eigenvalue weighted by Crippen LogP contribution is 2.34. The minimum Gasteiger partial charge on any atom is -0.486 e. The molecule has 1 aliphatic carbocycles. The third-order valence-electron chi connectivity index (χ3n) is 5.20. The predicted octanol–water partition coefficient (Wildman–Crippen LogP) is 2.16. The number of amides is 2. The van der Waals surface area contributed by atoms with Crippen LogP contribution in [0, 0.1) is 5.92 Å². The van der Waals surface area contributed by atoms with Crippen molar-refractivity contribution in [2.24, 2.45) is 5.92 Å². The molecule has 1 aromatic rings. The summed E-state index contributed by atoms with van der Waals surface area (Å²) in [7, 11) is 0. The summed E-state index contributed by atoms with van der Waals surface area (Å²) in [5, 5.41) is 5.68. The number of nitrogens with one attached hydrogen (secondary N) is 2. The molecule has 1 saturated carbocycles. The van der Waals surface area contributed by atoms with Gasteiger partial charge in [-0.3, -0.25) is 9.59 Å². The van der Waals surface area contributed by atoms with E-state index in [4.69, 9.17) is 9.47 Å². The maximum absolute atomic E-state index is 12.1. The largest absolute Gasteiger partial charge is 0.486 e. The van der Waals surface area contributed by atoms with E-state index in [9.17, 15) is 9.59 Å². The van der Waals surface area contributed by atoms with E-state index in [1.165, 1.54) is 0 Å². The zero-order chi connectivity index (χ0) is 18.6. The first kappa shape index (κ1) is 18.5. The fourth-order valence-electron chi connectivity index (χ4n) is 3.45. The van der Waals surface area contributed by atoms with Crippen LogP contribution >= 0.6 is 0 Å². The Morgan fingerprint density at radius 1 is 1.08 bits per heavy atom. The van der Waals surface area contributed by atoms with Gasteiger partial charge in [-0.25, -0.2) is 0 Å². The Morgan fingerprint density at radius 2 is 1.77 bits per heavy atom. The number of carbonyl (C=O) groups is 2. The van der Waals surface area contributed by atoms with Gasteiger partial charge in [-0.1, -0.05) is 32.8 Å². The molecule has 6 nitrogen and oxygen atoms in total. The highest BCUT2D eigenvalue weighted by Gasteiger charge is 2.25. The molecule has 2 aliphatic rings. The predicted molar refractivity (Wildman–Crippen MR) is 98.4 cm³/mol. The molecule has 1 aromatic carbocycles. The highest BCUT2D eigenvalue weighted by molar-refractivity contribution is 5.85. The monoisotopic (exact) mass is 360 g/mol. The first-order valence-corrected chi connectivity index (χ1v) is 9.40. The number of carbonyl (C=O) groups excluding carboxylic acids is 2. The summed E-state index contributed by atoms with van der Waals surface area (Å²) < 4.78 is 11.2. The lowest BCUT2D eigenvalue weighted by Gasteiger charge is -2.28. The summed E-state index contributed by atoms with van der Waals surface area (Å²) in [5.41, 5.74) is 0.804. The van der Waals surface area contributed by atoms with Crippen LogP contribution in [-0.4, -0.2) is 38.1 Å². The van der Waals surface area contributed by atoms with Crippen LogP contribution in [0.5, 0.6) is 11.5 Å². The Bertz CT molecular complexity index is 666. The lowest BCUT2D eigenvalue weighted by atomic mass is 9.84. The summed E-state index contributed by atoms with van der Waals surface area (Å²) in [6.45, 7) is 5.76. The van der Waals surface area contributed by atoms with Crippen LogP contribution in [0.3, 0.4) is 0 Å². The number of hydrogen-bond donors (Lipinski definition) is 2. The number of hydrogen-bond acceptors (Lipinski definition) is 4. The first-order chi connectivity index (χ1) is 12.5. The third-order valence-corrected chi connectivity index (χ3v) is 5.20. The standard InChI is InChI=1S/C20H28N2O4/c1-20(2,15-7-8-16-17(11-15)26-10-9-25-16)13-22-18(23)12-21-19(24)14-5-3-4-6-14/h7-8,11,14H,3-6,9-10,12-13H2,1-2H3,(H,21,24)(H,22,23). The molecule has 6 heteroatoms. The molecule has 0 bridgehead atoms. The molecule has 1 aliphatic heterocycles. The number of rotatable bonds is 6. The van der Waals surface area contributed by atoms with Crippen LogP contribution in [0.1, 0.15) is 45.1 Å². The topological polar surface area (TPSA) is 76.7 Å². The highest BCUT2D eigenvalue weighted by atomic mass is 16.6. The van der Waals surface area contributed by atoms with Gasteiger partial charge in [0.05, 0.1) is 6.54 Å². The van der Waals surface area contributed by atoms with Crippen molar-refractivity contribution in [3.8, 4) is 11.5 Å². The van der Waals surface area contributed by atoms with Crippen LogP contribution in [0.15, 0.2) is 18.2 Å². The van der Waals surface area contributed by atoms with Crippen molar-refractivity contribution in [2.75, 3.05) is 26.3 Å². The van der Waals surface area contributed by atoms with Gasteiger partial charge in [0.25, 0.3) is 0 Å². The molecule has 1 fully saturated rings. The number of ether oxygens (including phenoxy) is 2. The van der Waals surface area contributed by atoms with E-state index < -0.39 is 0 Å². The molecule has 2 N–H and O–H groups in total. The third kappa shape index (κ3) is 4.48. The molecule has 1 heterocycles. The average Bonchev–Trinajstić information content (AvgIpc) is 3.19. The average molecular weight is 360 g/mol. The van der Waals surface area contributed by atoms with Gasteiger partial charge < -0.3 is 20.1 Å². The van der Waals surface area contributed by atoms with Crippen LogP contribution in [0.4, 0.5) is 0 Å². The Morgan fingerprint density at radius 3 is 2.50 bits per heavy atom. The maximum Gasteiger partial charge on any atom is 0.239 e. The molecule has 142 valence electrons. The van der Waals surface area contributed by atoms with Gasteiger partial charge in [0.1, 0.15) is 13.2 Å². The molecule has 2 amide bonds. The van der Waals surface area contributed by atoms with Crippen molar-refractivity contribution in [1.82, 2.24) is 10.6 Å². The molecule has 0 radical (unpaired) electrons. The van der Waals surface area contributed by atoms with Gasteiger partial charge in [-0.05, 0) is 30.5 Å². The van der Waals surface area contributed by atoms with E-state index in [1.54, 1.807) is 0 Å². The van der Waals surface area contributed by atoms with Crippen molar-refractivity contribution in [2.45, 2.75) is 44.9 Å². The van der Waals surface area contributed by atoms with Crippen molar-refractivity contribution in [3.63, 3.8) is 0 Å². The Kier molecular flexibility index (Phi) is 5.69. The summed E-state index contributed by atoms with van der Waals surface area (Å²) in [6.07, 6.45) is 4.08. The van der Waals surface area contributed by atoms with Gasteiger partial charge in [-0.2, -0.15) is 0 Å². The molecule has 3 rings (SSSR count). The molecule has 0 unspecified atom stereocenters. The molecular weight excluding hydrogens is 332 g/mol. The van der Waals surface area contributed by atoms with E-state index in [1.807, 2.05) is 18.2 Å². The fourth-order valence-corrected chi connectivity index (χ4v) is 3.45. The smallest absolute Gasteiger partial charge is 0.239 e. The molecule has 0 saturated heterocycles. The summed E-state index contributed by atoms with van der Waals surface area (Å²) >= 11 is 0. The fraction of sp³-hybridized carbons (Fsp3) is 0.600. The molecule has 0 atom stereocenters. The van der Waals surface area contributed by atoms with Crippen molar-refractivity contribution >= 4 is 11.8 Å². The summed E-state index contributed by atoms with van der Waals surface area (Å²) in [4.78, 5) is 24.1. The van der Waals surface area contributed by atoms with E-state index in [0.29, 0.717) is 19.8 Å². The van der Waals surface area contributed by atoms with Crippen LogP contribution < -0.4 is 20.1 Å². The Balaban J connectivity index is 1.49. The van der Waals surface area contributed by atoms with Gasteiger partial charge in [0, 0.05) is 17.9 Å². The molecule has 26 heavy (non-hydrogen) atoms. The van der Waals surface area contributed by atoms with E-state index in [0.717, 1.165) is 42.7 Å². The molecule has 0 spiro atoms. The Labute approximate surface area is 154 Å². The van der Waals surface area contributed by atoms with E-state index in [2.05, 4.69) is 24.5 Å². The quantitative estimate of drug-likeness (QED) is 0.815. The number of fused-ring (bicyclic) bond motifs is 1. The van der Waals surface area contributed by atoms with E-state index in [-0.39, 0.29) is 29.7 Å². The van der Waals surface area contributed by atoms with Crippen LogP contribution in [0.25, 0.3) is 0 Å². The van der Waals surface area contributed by atoms with Gasteiger partial charge in [0.15, 0.2) is 11.5 Å². The summed E-state index contributed by atoms with van der Waals surface area (Å²) in [6, 6.07) is 5.89. The normalized spacial score (nSPS) is 17.0. The van der Waals surface area contributed by atoms with Crippen molar-refractivity contribution in [1.29, 1.82) is 0 Å². The lowest BCUT2D eigenvalue weighted by molar-refractivity contribution is -0.128.